The van der Waals surface area contributed by atoms with Gasteiger partial charge >= 0.3 is 0 Å². The third-order valence-electron chi connectivity index (χ3n) is 13.7. The molecule has 3 atom stereocenters. The normalized spacial score (nSPS) is 13.2. The van der Waals surface area contributed by atoms with Crippen LogP contribution in [-0.2, 0) is 4.79 Å². The van der Waals surface area contributed by atoms with E-state index in [9.17, 15) is 20.1 Å². The summed E-state index contributed by atoms with van der Waals surface area (Å²) >= 11 is 0. The summed E-state index contributed by atoms with van der Waals surface area (Å²) in [5, 5.41) is 33.7. The van der Waals surface area contributed by atoms with Crippen molar-refractivity contribution >= 4 is 5.91 Å². The number of carbonyl (C=O) groups excluding carboxylic acids is 1. The summed E-state index contributed by atoms with van der Waals surface area (Å²) in [6.07, 6.45) is 62.6. The fourth-order valence-electron chi connectivity index (χ4n) is 9.35. The third kappa shape index (κ3) is 48.6. The summed E-state index contributed by atoms with van der Waals surface area (Å²) in [5.41, 5.74) is 0. The van der Waals surface area contributed by atoms with E-state index in [1.165, 1.54) is 270 Å². The van der Waals surface area contributed by atoms with Crippen molar-refractivity contribution in [3.8, 4) is 0 Å². The maximum Gasteiger partial charge on any atom is 0.222 e. The minimum Gasteiger partial charge on any atom is -0.394 e. The summed E-state index contributed by atoms with van der Waals surface area (Å²) in [6.45, 7) is 4.31. The van der Waals surface area contributed by atoms with Gasteiger partial charge in [-0.05, 0) is 12.8 Å². The van der Waals surface area contributed by atoms with Gasteiger partial charge in [0, 0.05) is 0 Å². The highest BCUT2D eigenvalue weighted by Crippen LogP contribution is 2.19. The second-order valence-corrected chi connectivity index (χ2v) is 19.9. The first-order valence-corrected chi connectivity index (χ1v) is 28.3. The standard InChI is InChI=1S/C56H113NO4/c1-3-5-7-9-11-13-15-17-19-21-23-25-27-28-30-32-34-36-38-40-42-44-46-48-50-55(60)54(52-58)57-56(61)51-53(59)49-47-45-43-41-39-37-35-33-31-29-26-24-22-20-18-16-14-12-10-8-6-4-2/h53-55,58-60H,3-52H2,1-2H3,(H,57,61). The lowest BCUT2D eigenvalue weighted by atomic mass is 10.0. The van der Waals surface area contributed by atoms with Crippen LogP contribution in [0.15, 0.2) is 0 Å². The molecular weight excluding hydrogens is 751 g/mol. The van der Waals surface area contributed by atoms with Crippen molar-refractivity contribution in [2.24, 2.45) is 0 Å². The number of aliphatic hydroxyl groups is 3. The van der Waals surface area contributed by atoms with Crippen LogP contribution in [0, 0.1) is 0 Å². The minimum atomic E-state index is -0.745. The minimum absolute atomic E-state index is 0.0436. The molecule has 0 aliphatic carbocycles. The molecule has 1 amide bonds. The van der Waals surface area contributed by atoms with Crippen LogP contribution in [0.25, 0.3) is 0 Å². The summed E-state index contributed by atoms with van der Waals surface area (Å²) in [5.74, 6) is -0.274. The Kier molecular flexibility index (Phi) is 51.4. The third-order valence-corrected chi connectivity index (χ3v) is 13.7. The number of aliphatic hydroxyl groups excluding tert-OH is 3. The summed E-state index contributed by atoms with van der Waals surface area (Å²) < 4.78 is 0. The summed E-state index contributed by atoms with van der Waals surface area (Å²) in [6, 6.07) is -0.654. The van der Waals surface area contributed by atoms with E-state index >= 15 is 0 Å². The number of carbonyl (C=O) groups is 1. The van der Waals surface area contributed by atoms with Crippen LogP contribution in [0.4, 0.5) is 0 Å². The fourth-order valence-corrected chi connectivity index (χ4v) is 9.35. The molecule has 0 heterocycles. The van der Waals surface area contributed by atoms with Crippen LogP contribution in [0.2, 0.25) is 0 Å². The van der Waals surface area contributed by atoms with Gasteiger partial charge in [-0.25, -0.2) is 0 Å². The molecule has 0 rings (SSSR count). The molecule has 0 aliphatic heterocycles. The molecule has 0 fully saturated rings. The molecule has 3 unspecified atom stereocenters. The van der Waals surface area contributed by atoms with Crippen molar-refractivity contribution in [2.45, 2.75) is 347 Å². The van der Waals surface area contributed by atoms with E-state index < -0.39 is 18.2 Å². The lowest BCUT2D eigenvalue weighted by Crippen LogP contribution is -2.46. The number of hydrogen-bond acceptors (Lipinski definition) is 4. The average Bonchev–Trinajstić information content (AvgIpc) is 3.25. The predicted molar refractivity (Wildman–Crippen MR) is 269 cm³/mol. The Morgan fingerprint density at radius 1 is 0.344 bits per heavy atom. The molecule has 0 aromatic rings. The Bertz CT molecular complexity index is 822. The van der Waals surface area contributed by atoms with E-state index in [1.807, 2.05) is 0 Å². The number of rotatable bonds is 53. The Morgan fingerprint density at radius 2 is 0.557 bits per heavy atom. The lowest BCUT2D eigenvalue weighted by Gasteiger charge is -2.23. The van der Waals surface area contributed by atoms with Crippen molar-refractivity contribution in [2.75, 3.05) is 6.61 Å². The maximum atomic E-state index is 12.5. The molecule has 366 valence electrons. The van der Waals surface area contributed by atoms with Gasteiger partial charge in [-0.2, -0.15) is 0 Å². The maximum absolute atomic E-state index is 12.5. The molecule has 5 heteroatoms. The van der Waals surface area contributed by atoms with E-state index in [0.717, 1.165) is 25.7 Å². The summed E-state index contributed by atoms with van der Waals surface area (Å²) in [7, 11) is 0. The monoisotopic (exact) mass is 864 g/mol. The van der Waals surface area contributed by atoms with Gasteiger partial charge in [0.05, 0.1) is 31.3 Å². The quantitative estimate of drug-likeness (QED) is 0.0459. The molecule has 0 spiro atoms. The second kappa shape index (κ2) is 52.0. The summed E-state index contributed by atoms with van der Waals surface area (Å²) in [4.78, 5) is 12.5. The van der Waals surface area contributed by atoms with Crippen molar-refractivity contribution < 1.29 is 20.1 Å². The Morgan fingerprint density at radius 3 is 0.787 bits per heavy atom. The second-order valence-electron chi connectivity index (χ2n) is 19.9. The van der Waals surface area contributed by atoms with Gasteiger partial charge in [-0.3, -0.25) is 4.79 Å². The molecule has 5 nitrogen and oxygen atoms in total. The van der Waals surface area contributed by atoms with Crippen LogP contribution in [0.3, 0.4) is 0 Å². The first-order chi connectivity index (χ1) is 30.0. The van der Waals surface area contributed by atoms with Gasteiger partial charge in [-0.15, -0.1) is 0 Å². The lowest BCUT2D eigenvalue weighted by molar-refractivity contribution is -0.125. The highest BCUT2D eigenvalue weighted by Gasteiger charge is 2.21. The van der Waals surface area contributed by atoms with Crippen molar-refractivity contribution in [3.63, 3.8) is 0 Å². The molecular formula is C56H113NO4. The SMILES string of the molecule is CCCCCCCCCCCCCCCCCCCCCCCCCCC(O)C(CO)NC(=O)CC(O)CCCCCCCCCCCCCCCCCCCCCCCC. The van der Waals surface area contributed by atoms with Gasteiger partial charge in [0.15, 0.2) is 0 Å². The first kappa shape index (κ1) is 60.4. The topological polar surface area (TPSA) is 89.8 Å². The molecule has 0 radical (unpaired) electrons. The fraction of sp³-hybridized carbons (Fsp3) is 0.982. The smallest absolute Gasteiger partial charge is 0.222 e. The number of unbranched alkanes of at least 4 members (excludes halogenated alkanes) is 44. The van der Waals surface area contributed by atoms with Crippen molar-refractivity contribution in [3.05, 3.63) is 0 Å². The Labute approximate surface area is 383 Å². The zero-order valence-electron chi connectivity index (χ0n) is 41.8. The molecule has 61 heavy (non-hydrogen) atoms. The van der Waals surface area contributed by atoms with Gasteiger partial charge in [0.25, 0.3) is 0 Å². The Balaban J connectivity index is 3.49. The van der Waals surface area contributed by atoms with Crippen LogP contribution >= 0.6 is 0 Å². The average molecular weight is 865 g/mol. The Hall–Kier alpha value is -0.650. The van der Waals surface area contributed by atoms with Gasteiger partial charge in [0.1, 0.15) is 0 Å². The van der Waals surface area contributed by atoms with Gasteiger partial charge < -0.3 is 20.6 Å². The molecule has 4 N–H and O–H groups in total. The highest BCUT2D eigenvalue weighted by atomic mass is 16.3. The van der Waals surface area contributed by atoms with E-state index in [2.05, 4.69) is 19.2 Å². The predicted octanol–water partition coefficient (Wildman–Crippen LogP) is 17.3. The molecule has 0 saturated heterocycles. The van der Waals surface area contributed by atoms with Crippen LogP contribution in [0.1, 0.15) is 328 Å². The van der Waals surface area contributed by atoms with Gasteiger partial charge in [-0.1, -0.05) is 309 Å². The zero-order valence-corrected chi connectivity index (χ0v) is 41.8. The zero-order chi connectivity index (χ0) is 44.4. The van der Waals surface area contributed by atoms with E-state index in [1.54, 1.807) is 0 Å². The van der Waals surface area contributed by atoms with Gasteiger partial charge in [0.2, 0.25) is 5.91 Å². The van der Waals surface area contributed by atoms with Crippen LogP contribution < -0.4 is 5.32 Å². The number of hydrogen-bond donors (Lipinski definition) is 4. The number of nitrogens with one attached hydrogen (secondary N) is 1. The van der Waals surface area contributed by atoms with Crippen LogP contribution in [-0.4, -0.2) is 46.1 Å². The molecule has 0 bridgehead atoms. The molecule has 0 aromatic heterocycles. The molecule has 0 aliphatic rings. The van der Waals surface area contributed by atoms with Crippen molar-refractivity contribution in [1.82, 2.24) is 5.32 Å². The van der Waals surface area contributed by atoms with Crippen LogP contribution in [0.5, 0.6) is 0 Å². The molecule has 0 aromatic carbocycles. The van der Waals surface area contributed by atoms with E-state index in [-0.39, 0.29) is 18.9 Å². The number of amides is 1. The highest BCUT2D eigenvalue weighted by molar-refractivity contribution is 5.76. The largest absolute Gasteiger partial charge is 0.394 e. The molecule has 0 saturated carbocycles. The van der Waals surface area contributed by atoms with E-state index in [0.29, 0.717) is 12.8 Å². The van der Waals surface area contributed by atoms with E-state index in [4.69, 9.17) is 0 Å². The van der Waals surface area contributed by atoms with Crippen molar-refractivity contribution in [1.29, 1.82) is 0 Å². The first-order valence-electron chi connectivity index (χ1n) is 28.3.